The van der Waals surface area contributed by atoms with Gasteiger partial charge in [0.25, 0.3) is 5.91 Å². The zero-order valence-electron chi connectivity index (χ0n) is 24.0. The first-order chi connectivity index (χ1) is 19.7. The van der Waals surface area contributed by atoms with Crippen LogP contribution in [0.2, 0.25) is 0 Å². The quantitative estimate of drug-likeness (QED) is 0.238. The highest BCUT2D eigenvalue weighted by molar-refractivity contribution is 7.16. The summed E-state index contributed by atoms with van der Waals surface area (Å²) in [6.07, 6.45) is 1.20. The van der Waals surface area contributed by atoms with Crippen LogP contribution in [-0.2, 0) is 17.9 Å². The molecule has 1 aliphatic rings. The number of nitrogens with one attached hydrogen (secondary N) is 1. The van der Waals surface area contributed by atoms with Crippen molar-refractivity contribution in [3.63, 3.8) is 0 Å². The van der Waals surface area contributed by atoms with Crippen LogP contribution < -0.4 is 14.8 Å². The first kappa shape index (κ1) is 28.5. The Labute approximate surface area is 244 Å². The number of piperidine rings is 1. The number of aromatic nitrogens is 1. The maximum atomic E-state index is 13.2. The molecule has 0 bridgehead atoms. The third kappa shape index (κ3) is 7.03. The number of carbonyl (C=O) groups excluding carboxylic acids is 2. The molecule has 0 radical (unpaired) electrons. The van der Waals surface area contributed by atoms with Gasteiger partial charge in [0.15, 0.2) is 0 Å². The summed E-state index contributed by atoms with van der Waals surface area (Å²) in [7, 11) is 0. The molecule has 216 valence electrons. The molecule has 2 aromatic carbocycles. The number of rotatable bonds is 8. The maximum Gasteiger partial charge on any atom is 0.410 e. The SMILES string of the molecule is CCn1c(C(=O)Nc2ccccc2COc2cccc(OC3CCN(C(=O)OC(C)(C)C)CC3)c2)cc2ccsc21. The average Bonchev–Trinajstić information content (AvgIpc) is 3.54. The van der Waals surface area contributed by atoms with E-state index >= 15 is 0 Å². The second-order valence-corrected chi connectivity index (χ2v) is 12.0. The van der Waals surface area contributed by atoms with Crippen molar-refractivity contribution in [2.24, 2.45) is 0 Å². The molecule has 2 amide bonds. The van der Waals surface area contributed by atoms with Gasteiger partial charge < -0.3 is 29.0 Å². The summed E-state index contributed by atoms with van der Waals surface area (Å²) in [5, 5.41) is 6.20. The van der Waals surface area contributed by atoms with Crippen molar-refractivity contribution in [3.8, 4) is 11.5 Å². The van der Waals surface area contributed by atoms with E-state index in [1.54, 1.807) is 16.2 Å². The number of benzene rings is 2. The lowest BCUT2D eigenvalue weighted by molar-refractivity contribution is 0.0126. The number of likely N-dealkylation sites (tertiary alicyclic amines) is 1. The Kier molecular flexibility index (Phi) is 8.54. The third-order valence-corrected chi connectivity index (χ3v) is 7.86. The Morgan fingerprint density at radius 3 is 2.51 bits per heavy atom. The Hall–Kier alpha value is -3.98. The summed E-state index contributed by atoms with van der Waals surface area (Å²) in [5.74, 6) is 1.26. The van der Waals surface area contributed by atoms with Crippen LogP contribution in [0.5, 0.6) is 11.5 Å². The average molecular weight is 576 g/mol. The number of carbonyl (C=O) groups is 2. The largest absolute Gasteiger partial charge is 0.490 e. The van der Waals surface area contributed by atoms with E-state index in [1.807, 2.05) is 98.3 Å². The van der Waals surface area contributed by atoms with Gasteiger partial charge >= 0.3 is 6.09 Å². The van der Waals surface area contributed by atoms with Gasteiger partial charge in [0.2, 0.25) is 0 Å². The predicted molar refractivity (Wildman–Crippen MR) is 162 cm³/mol. The molecule has 0 aliphatic carbocycles. The molecule has 2 aromatic heterocycles. The van der Waals surface area contributed by atoms with Gasteiger partial charge in [-0.3, -0.25) is 4.79 Å². The van der Waals surface area contributed by atoms with Crippen LogP contribution in [0.1, 0.15) is 56.6 Å². The second kappa shape index (κ2) is 12.3. The first-order valence-electron chi connectivity index (χ1n) is 14.0. The van der Waals surface area contributed by atoms with Gasteiger partial charge in [-0.2, -0.15) is 0 Å². The smallest absolute Gasteiger partial charge is 0.410 e. The van der Waals surface area contributed by atoms with Crippen molar-refractivity contribution in [1.29, 1.82) is 0 Å². The molecular formula is C32H37N3O5S. The van der Waals surface area contributed by atoms with Crippen LogP contribution in [0, 0.1) is 0 Å². The Balaban J connectivity index is 1.17. The van der Waals surface area contributed by atoms with Crippen molar-refractivity contribution >= 4 is 39.2 Å². The van der Waals surface area contributed by atoms with Crippen molar-refractivity contribution in [2.45, 2.75) is 65.4 Å². The number of nitrogens with zero attached hydrogens (tertiary/aromatic N) is 2. The van der Waals surface area contributed by atoms with E-state index < -0.39 is 5.60 Å². The number of aryl methyl sites for hydroxylation is 1. The highest BCUT2D eigenvalue weighted by atomic mass is 32.1. The van der Waals surface area contributed by atoms with Gasteiger partial charge in [0, 0.05) is 55.2 Å². The van der Waals surface area contributed by atoms with Gasteiger partial charge in [-0.1, -0.05) is 24.3 Å². The molecule has 1 fully saturated rings. The summed E-state index contributed by atoms with van der Waals surface area (Å²) in [6.45, 7) is 9.87. The number of anilines is 1. The minimum absolute atomic E-state index is 0.0113. The van der Waals surface area contributed by atoms with E-state index in [-0.39, 0.29) is 24.7 Å². The number of amides is 2. The highest BCUT2D eigenvalue weighted by Crippen LogP contribution is 2.28. The van der Waals surface area contributed by atoms with Crippen LogP contribution in [0.3, 0.4) is 0 Å². The molecule has 41 heavy (non-hydrogen) atoms. The maximum absolute atomic E-state index is 13.2. The second-order valence-electron chi connectivity index (χ2n) is 11.1. The van der Waals surface area contributed by atoms with Crippen LogP contribution in [-0.4, -0.2) is 46.3 Å². The molecule has 4 aromatic rings. The minimum Gasteiger partial charge on any atom is -0.490 e. The Bertz CT molecular complexity index is 1510. The van der Waals surface area contributed by atoms with E-state index in [0.717, 1.165) is 40.9 Å². The molecular weight excluding hydrogens is 538 g/mol. The molecule has 5 rings (SSSR count). The molecule has 0 saturated carbocycles. The summed E-state index contributed by atoms with van der Waals surface area (Å²) in [4.78, 5) is 28.4. The molecule has 0 spiro atoms. The number of ether oxygens (including phenoxy) is 3. The number of hydrogen-bond donors (Lipinski definition) is 1. The minimum atomic E-state index is -0.505. The third-order valence-electron chi connectivity index (χ3n) is 6.91. The summed E-state index contributed by atoms with van der Waals surface area (Å²) in [6, 6.07) is 19.2. The van der Waals surface area contributed by atoms with Gasteiger partial charge in [-0.15, -0.1) is 11.3 Å². The number of para-hydroxylation sites is 1. The van der Waals surface area contributed by atoms with Gasteiger partial charge in [0.05, 0.1) is 0 Å². The van der Waals surface area contributed by atoms with Crippen LogP contribution in [0.25, 0.3) is 10.2 Å². The summed E-state index contributed by atoms with van der Waals surface area (Å²) >= 11 is 1.64. The fourth-order valence-corrected chi connectivity index (χ4v) is 5.87. The fourth-order valence-electron chi connectivity index (χ4n) is 4.91. The summed E-state index contributed by atoms with van der Waals surface area (Å²) < 4.78 is 19.9. The lowest BCUT2D eigenvalue weighted by Crippen LogP contribution is -2.44. The van der Waals surface area contributed by atoms with E-state index in [4.69, 9.17) is 14.2 Å². The monoisotopic (exact) mass is 575 g/mol. The zero-order chi connectivity index (χ0) is 29.0. The Morgan fingerprint density at radius 1 is 1.00 bits per heavy atom. The van der Waals surface area contributed by atoms with Crippen LogP contribution in [0.4, 0.5) is 10.5 Å². The van der Waals surface area contributed by atoms with E-state index in [2.05, 4.69) is 5.32 Å². The standard InChI is InChI=1S/C32H37N3O5S/c1-5-35-28(19-22-15-18-41-30(22)35)29(36)33-27-12-7-6-9-23(27)21-38-25-10-8-11-26(20-25)39-24-13-16-34(17-14-24)31(37)40-32(2,3)4/h6-12,15,18-20,24H,5,13-14,16-17,21H2,1-4H3,(H,33,36). The van der Waals surface area contributed by atoms with Crippen LogP contribution >= 0.6 is 11.3 Å². The first-order valence-corrected chi connectivity index (χ1v) is 14.9. The van der Waals surface area contributed by atoms with Gasteiger partial charge in [-0.25, -0.2) is 4.79 Å². The topological polar surface area (TPSA) is 82.0 Å². The Morgan fingerprint density at radius 2 is 1.76 bits per heavy atom. The molecule has 1 saturated heterocycles. The molecule has 1 aliphatic heterocycles. The van der Waals surface area contributed by atoms with E-state index in [1.165, 1.54) is 0 Å². The number of thiophene rings is 1. The number of fused-ring (bicyclic) bond motifs is 1. The van der Waals surface area contributed by atoms with Crippen molar-refractivity contribution in [1.82, 2.24) is 9.47 Å². The number of hydrogen-bond acceptors (Lipinski definition) is 6. The van der Waals surface area contributed by atoms with E-state index in [0.29, 0.717) is 30.2 Å². The normalized spacial score (nSPS) is 14.2. The molecule has 0 unspecified atom stereocenters. The van der Waals surface area contributed by atoms with Crippen molar-refractivity contribution < 1.29 is 23.8 Å². The van der Waals surface area contributed by atoms with Crippen LogP contribution in [0.15, 0.2) is 66.0 Å². The van der Waals surface area contributed by atoms with Gasteiger partial charge in [-0.05, 0) is 63.4 Å². The van der Waals surface area contributed by atoms with E-state index in [9.17, 15) is 9.59 Å². The zero-order valence-corrected chi connectivity index (χ0v) is 24.8. The molecule has 8 nitrogen and oxygen atoms in total. The molecule has 9 heteroatoms. The van der Waals surface area contributed by atoms with Crippen molar-refractivity contribution in [2.75, 3.05) is 18.4 Å². The highest BCUT2D eigenvalue weighted by Gasteiger charge is 2.27. The molecule has 0 atom stereocenters. The van der Waals surface area contributed by atoms with Gasteiger partial charge in [0.1, 0.15) is 40.3 Å². The fraction of sp³-hybridized carbons (Fsp3) is 0.375. The van der Waals surface area contributed by atoms with Crippen molar-refractivity contribution in [3.05, 3.63) is 77.3 Å². The lowest BCUT2D eigenvalue weighted by Gasteiger charge is -2.33. The predicted octanol–water partition coefficient (Wildman–Crippen LogP) is 7.33. The summed E-state index contributed by atoms with van der Waals surface area (Å²) in [5.41, 5.74) is 1.73. The molecule has 1 N–H and O–H groups in total. The lowest BCUT2D eigenvalue weighted by atomic mass is 10.1. The molecule has 3 heterocycles.